The van der Waals surface area contributed by atoms with Gasteiger partial charge in [-0.15, -0.1) is 11.3 Å². The van der Waals surface area contributed by atoms with Crippen molar-refractivity contribution < 1.29 is 0 Å². The summed E-state index contributed by atoms with van der Waals surface area (Å²) in [5.74, 6) is 0. The fourth-order valence-electron chi connectivity index (χ4n) is 1.27. The summed E-state index contributed by atoms with van der Waals surface area (Å²) in [4.78, 5) is 11.7. The molecule has 0 saturated heterocycles. The molecular weight excluding hydrogens is 250 g/mol. The van der Waals surface area contributed by atoms with Crippen LogP contribution in [-0.2, 0) is 6.54 Å². The van der Waals surface area contributed by atoms with Crippen molar-refractivity contribution in [1.82, 2.24) is 4.57 Å². The Hall–Kier alpha value is -0.610. The van der Waals surface area contributed by atoms with Gasteiger partial charge in [-0.2, -0.15) is 0 Å². The zero-order valence-corrected chi connectivity index (χ0v) is 9.27. The number of nitrogens with zero attached hydrogens (tertiary/aromatic N) is 1. The van der Waals surface area contributed by atoms with E-state index in [2.05, 4.69) is 15.9 Å². The number of fused-ring (bicyclic) bond motifs is 1. The molecule has 2 aromatic heterocycles. The van der Waals surface area contributed by atoms with E-state index in [0.29, 0.717) is 0 Å². The van der Waals surface area contributed by atoms with Gasteiger partial charge < -0.3 is 4.57 Å². The van der Waals surface area contributed by atoms with Crippen molar-refractivity contribution in [3.63, 3.8) is 0 Å². The highest BCUT2D eigenvalue weighted by Gasteiger charge is 2.01. The highest BCUT2D eigenvalue weighted by molar-refractivity contribution is 9.09. The van der Waals surface area contributed by atoms with Crippen LogP contribution in [0.15, 0.2) is 28.5 Å². The second kappa shape index (κ2) is 3.64. The predicted molar refractivity (Wildman–Crippen MR) is 59.9 cm³/mol. The zero-order valence-electron chi connectivity index (χ0n) is 6.87. The molecule has 13 heavy (non-hydrogen) atoms. The molecule has 2 aromatic rings. The Morgan fingerprint density at radius 2 is 2.31 bits per heavy atom. The van der Waals surface area contributed by atoms with Gasteiger partial charge in [0.05, 0.1) is 5.39 Å². The van der Waals surface area contributed by atoms with Gasteiger partial charge in [-0.1, -0.05) is 15.9 Å². The van der Waals surface area contributed by atoms with Crippen molar-refractivity contribution >= 4 is 37.4 Å². The van der Waals surface area contributed by atoms with E-state index in [9.17, 15) is 4.79 Å². The molecule has 0 saturated carbocycles. The van der Waals surface area contributed by atoms with Gasteiger partial charge in [-0.05, 0) is 17.5 Å². The SMILES string of the molecule is O=c1c2ccsc2ccn1CCBr. The number of rotatable bonds is 2. The first-order chi connectivity index (χ1) is 6.33. The van der Waals surface area contributed by atoms with Crippen LogP contribution in [0.5, 0.6) is 0 Å². The molecule has 0 amide bonds. The number of thiophene rings is 1. The normalized spacial score (nSPS) is 10.8. The van der Waals surface area contributed by atoms with Crippen molar-refractivity contribution in [2.75, 3.05) is 5.33 Å². The van der Waals surface area contributed by atoms with Gasteiger partial charge in [0, 0.05) is 22.8 Å². The Morgan fingerprint density at radius 3 is 3.08 bits per heavy atom. The van der Waals surface area contributed by atoms with Crippen molar-refractivity contribution in [2.45, 2.75) is 6.54 Å². The summed E-state index contributed by atoms with van der Waals surface area (Å²) in [6.45, 7) is 0.727. The summed E-state index contributed by atoms with van der Waals surface area (Å²) in [6, 6.07) is 3.87. The van der Waals surface area contributed by atoms with Crippen LogP contribution in [-0.4, -0.2) is 9.90 Å². The minimum atomic E-state index is 0.109. The Labute approximate surface area is 87.9 Å². The van der Waals surface area contributed by atoms with E-state index >= 15 is 0 Å². The van der Waals surface area contributed by atoms with Crippen molar-refractivity contribution in [3.05, 3.63) is 34.1 Å². The molecule has 0 N–H and O–H groups in total. The third kappa shape index (κ3) is 1.56. The molecule has 2 rings (SSSR count). The summed E-state index contributed by atoms with van der Waals surface area (Å²) >= 11 is 4.92. The predicted octanol–water partition coefficient (Wildman–Crippen LogP) is 2.46. The zero-order chi connectivity index (χ0) is 9.26. The quantitative estimate of drug-likeness (QED) is 0.758. The third-order valence-electron chi connectivity index (χ3n) is 1.92. The van der Waals surface area contributed by atoms with Crippen LogP contribution < -0.4 is 5.56 Å². The average Bonchev–Trinajstić information content (AvgIpc) is 2.58. The largest absolute Gasteiger partial charge is 0.314 e. The molecule has 0 aliphatic heterocycles. The molecule has 2 nitrogen and oxygen atoms in total. The van der Waals surface area contributed by atoms with E-state index in [1.54, 1.807) is 15.9 Å². The lowest BCUT2D eigenvalue weighted by atomic mass is 10.3. The van der Waals surface area contributed by atoms with Crippen LogP contribution in [0.1, 0.15) is 0 Å². The van der Waals surface area contributed by atoms with E-state index in [0.717, 1.165) is 22.0 Å². The molecule has 0 aliphatic rings. The standard InChI is InChI=1S/C9H8BrNOS/c10-3-5-11-4-1-8-7(9(11)12)2-6-13-8/h1-2,4,6H,3,5H2. The van der Waals surface area contributed by atoms with Gasteiger partial charge in [0.2, 0.25) is 0 Å². The Bertz CT molecular complexity index is 474. The maximum atomic E-state index is 11.7. The van der Waals surface area contributed by atoms with Gasteiger partial charge in [0.1, 0.15) is 0 Å². The van der Waals surface area contributed by atoms with Crippen molar-refractivity contribution in [2.24, 2.45) is 0 Å². The van der Waals surface area contributed by atoms with Crippen LogP contribution in [0.25, 0.3) is 10.1 Å². The maximum absolute atomic E-state index is 11.7. The first-order valence-corrected chi connectivity index (χ1v) is 5.95. The van der Waals surface area contributed by atoms with E-state index in [1.165, 1.54) is 0 Å². The number of aryl methyl sites for hydroxylation is 1. The molecule has 68 valence electrons. The molecule has 0 spiro atoms. The van der Waals surface area contributed by atoms with Gasteiger partial charge in [0.25, 0.3) is 5.56 Å². The van der Waals surface area contributed by atoms with Crippen LogP contribution >= 0.6 is 27.3 Å². The minimum absolute atomic E-state index is 0.109. The fourth-order valence-corrected chi connectivity index (χ4v) is 2.43. The lowest BCUT2D eigenvalue weighted by molar-refractivity contribution is 0.747. The Balaban J connectivity index is 2.67. The van der Waals surface area contributed by atoms with Crippen LogP contribution in [0.3, 0.4) is 0 Å². The van der Waals surface area contributed by atoms with Crippen LogP contribution in [0.4, 0.5) is 0 Å². The molecule has 0 bridgehead atoms. The first kappa shape index (κ1) is 8.97. The molecule has 0 radical (unpaired) electrons. The minimum Gasteiger partial charge on any atom is -0.314 e. The highest BCUT2D eigenvalue weighted by atomic mass is 79.9. The summed E-state index contributed by atoms with van der Waals surface area (Å²) in [5.41, 5.74) is 0.109. The van der Waals surface area contributed by atoms with Gasteiger partial charge in [-0.25, -0.2) is 0 Å². The van der Waals surface area contributed by atoms with Gasteiger partial charge in [0.15, 0.2) is 0 Å². The molecular formula is C9H8BrNOS. The van der Waals surface area contributed by atoms with Crippen LogP contribution in [0.2, 0.25) is 0 Å². The van der Waals surface area contributed by atoms with Crippen LogP contribution in [0, 0.1) is 0 Å². The fraction of sp³-hybridized carbons (Fsp3) is 0.222. The third-order valence-corrected chi connectivity index (χ3v) is 3.15. The summed E-state index contributed by atoms with van der Waals surface area (Å²) in [7, 11) is 0. The summed E-state index contributed by atoms with van der Waals surface area (Å²) in [5, 5.41) is 3.58. The number of halogens is 1. The molecule has 0 aromatic carbocycles. The lowest BCUT2D eigenvalue weighted by Gasteiger charge is -2.01. The Morgan fingerprint density at radius 1 is 1.46 bits per heavy atom. The summed E-state index contributed by atoms with van der Waals surface area (Å²) in [6.07, 6.45) is 1.85. The molecule has 2 heterocycles. The number of hydrogen-bond acceptors (Lipinski definition) is 2. The topological polar surface area (TPSA) is 22.0 Å². The van der Waals surface area contributed by atoms with Gasteiger partial charge in [-0.3, -0.25) is 4.79 Å². The number of alkyl halides is 1. The van der Waals surface area contributed by atoms with E-state index in [4.69, 9.17) is 0 Å². The average molecular weight is 258 g/mol. The second-order valence-corrected chi connectivity index (χ2v) is 4.44. The maximum Gasteiger partial charge on any atom is 0.259 e. The number of hydrogen-bond donors (Lipinski definition) is 0. The molecule has 0 fully saturated rings. The molecule has 0 unspecified atom stereocenters. The van der Waals surface area contributed by atoms with Gasteiger partial charge >= 0.3 is 0 Å². The molecule has 4 heteroatoms. The smallest absolute Gasteiger partial charge is 0.259 e. The number of aromatic nitrogens is 1. The van der Waals surface area contributed by atoms with Crippen molar-refractivity contribution in [3.8, 4) is 0 Å². The van der Waals surface area contributed by atoms with Crippen molar-refractivity contribution in [1.29, 1.82) is 0 Å². The van der Waals surface area contributed by atoms with E-state index < -0.39 is 0 Å². The molecule has 0 aliphatic carbocycles. The molecule has 0 atom stereocenters. The van der Waals surface area contributed by atoms with E-state index in [1.807, 2.05) is 23.7 Å². The Kier molecular flexibility index (Phi) is 2.51. The highest BCUT2D eigenvalue weighted by Crippen LogP contribution is 2.15. The summed E-state index contributed by atoms with van der Waals surface area (Å²) < 4.78 is 2.79. The van der Waals surface area contributed by atoms with E-state index in [-0.39, 0.29) is 5.56 Å². The number of pyridine rings is 1. The first-order valence-electron chi connectivity index (χ1n) is 3.95. The monoisotopic (exact) mass is 257 g/mol. The lowest BCUT2D eigenvalue weighted by Crippen LogP contribution is -2.19. The second-order valence-electron chi connectivity index (χ2n) is 2.70.